The standard InChI is InChI=1S/C13H14N2O4S2/c1-9(20-21-10-4-2-3-7-14-10)8-13(18)19-15-11(16)5-6-12(15)17/h2-7,9,16-17H,8H2,1H3. The first-order valence-corrected chi connectivity index (χ1v) is 8.33. The molecule has 2 rings (SSSR count). The molecule has 0 aliphatic heterocycles. The van der Waals surface area contributed by atoms with Crippen LogP contribution in [0.1, 0.15) is 13.3 Å². The fraction of sp³-hybridized carbons (Fsp3) is 0.231. The topological polar surface area (TPSA) is 84.6 Å². The van der Waals surface area contributed by atoms with E-state index in [-0.39, 0.29) is 23.4 Å². The van der Waals surface area contributed by atoms with Gasteiger partial charge < -0.3 is 15.1 Å². The molecular formula is C13H14N2O4S2. The lowest BCUT2D eigenvalue weighted by molar-refractivity contribution is -0.145. The van der Waals surface area contributed by atoms with Gasteiger partial charge in [0.2, 0.25) is 11.8 Å². The number of aromatic hydroxyl groups is 2. The highest BCUT2D eigenvalue weighted by Gasteiger charge is 2.16. The molecular weight excluding hydrogens is 312 g/mol. The van der Waals surface area contributed by atoms with Crippen LogP contribution in [-0.2, 0) is 4.79 Å². The minimum atomic E-state index is -0.543. The molecule has 2 aromatic heterocycles. The molecule has 0 aliphatic carbocycles. The summed E-state index contributed by atoms with van der Waals surface area (Å²) in [5.41, 5.74) is 0. The van der Waals surface area contributed by atoms with E-state index in [0.717, 1.165) is 5.03 Å². The average Bonchev–Trinajstić information content (AvgIpc) is 2.78. The van der Waals surface area contributed by atoms with E-state index in [2.05, 4.69) is 4.98 Å². The summed E-state index contributed by atoms with van der Waals surface area (Å²) in [5.74, 6) is -1.20. The second-order valence-corrected chi connectivity index (χ2v) is 6.83. The first kappa shape index (κ1) is 15.6. The molecule has 0 saturated heterocycles. The first-order valence-electron chi connectivity index (χ1n) is 6.11. The van der Waals surface area contributed by atoms with Crippen LogP contribution in [0.2, 0.25) is 0 Å². The van der Waals surface area contributed by atoms with Crippen LogP contribution in [0.5, 0.6) is 11.8 Å². The van der Waals surface area contributed by atoms with Crippen LogP contribution < -0.4 is 4.84 Å². The Bertz CT molecular complexity index is 584. The van der Waals surface area contributed by atoms with Gasteiger partial charge in [-0.2, -0.15) is 0 Å². The van der Waals surface area contributed by atoms with Crippen molar-refractivity contribution in [3.05, 3.63) is 36.5 Å². The predicted molar refractivity (Wildman–Crippen MR) is 81.1 cm³/mol. The summed E-state index contributed by atoms with van der Waals surface area (Å²) in [5, 5.41) is 19.6. The van der Waals surface area contributed by atoms with Crippen LogP contribution in [-0.4, -0.2) is 31.1 Å². The van der Waals surface area contributed by atoms with E-state index in [1.807, 2.05) is 25.1 Å². The Hall–Kier alpha value is -1.80. The van der Waals surface area contributed by atoms with Gasteiger partial charge in [0.05, 0.1) is 6.42 Å². The van der Waals surface area contributed by atoms with Gasteiger partial charge in [0.1, 0.15) is 5.03 Å². The fourth-order valence-corrected chi connectivity index (χ4v) is 3.42. The summed E-state index contributed by atoms with van der Waals surface area (Å²) >= 11 is 0. The summed E-state index contributed by atoms with van der Waals surface area (Å²) < 4.78 is 0.686. The Kier molecular flexibility index (Phi) is 5.40. The number of carbonyl (C=O) groups excluding carboxylic acids is 1. The number of hydrogen-bond donors (Lipinski definition) is 2. The molecule has 0 aromatic carbocycles. The lowest BCUT2D eigenvalue weighted by Gasteiger charge is -2.10. The molecule has 2 heterocycles. The van der Waals surface area contributed by atoms with Crippen LogP contribution in [0.25, 0.3) is 0 Å². The molecule has 0 saturated carbocycles. The zero-order valence-corrected chi connectivity index (χ0v) is 12.8. The van der Waals surface area contributed by atoms with E-state index in [1.165, 1.54) is 33.7 Å². The molecule has 0 aliphatic rings. The van der Waals surface area contributed by atoms with E-state index in [1.54, 1.807) is 6.20 Å². The van der Waals surface area contributed by atoms with E-state index >= 15 is 0 Å². The highest BCUT2D eigenvalue weighted by atomic mass is 33.1. The zero-order chi connectivity index (χ0) is 15.2. The quantitative estimate of drug-likeness (QED) is 0.789. The molecule has 112 valence electrons. The maximum atomic E-state index is 11.7. The van der Waals surface area contributed by atoms with Crippen LogP contribution in [0.4, 0.5) is 0 Å². The third-order valence-corrected chi connectivity index (χ3v) is 5.17. The lowest BCUT2D eigenvalue weighted by atomic mass is 10.3. The Balaban J connectivity index is 1.80. The van der Waals surface area contributed by atoms with Gasteiger partial charge in [-0.15, -0.1) is 4.73 Å². The van der Waals surface area contributed by atoms with Gasteiger partial charge in [-0.3, -0.25) is 0 Å². The van der Waals surface area contributed by atoms with Crippen LogP contribution in [0, 0.1) is 0 Å². The van der Waals surface area contributed by atoms with Crippen molar-refractivity contribution in [2.24, 2.45) is 0 Å². The summed E-state index contributed by atoms with van der Waals surface area (Å²) in [6.07, 6.45) is 1.85. The van der Waals surface area contributed by atoms with E-state index in [4.69, 9.17) is 4.84 Å². The van der Waals surface area contributed by atoms with Gasteiger partial charge >= 0.3 is 5.97 Å². The second-order valence-electron chi connectivity index (χ2n) is 4.17. The Morgan fingerprint density at radius 3 is 2.67 bits per heavy atom. The number of nitrogens with zero attached hydrogens (tertiary/aromatic N) is 2. The molecule has 8 heteroatoms. The Morgan fingerprint density at radius 2 is 2.05 bits per heavy atom. The normalized spacial score (nSPS) is 12.0. The molecule has 6 nitrogen and oxygen atoms in total. The third kappa shape index (κ3) is 4.61. The predicted octanol–water partition coefficient (Wildman–Crippen LogP) is 2.47. The van der Waals surface area contributed by atoms with Crippen molar-refractivity contribution < 1.29 is 19.8 Å². The fourth-order valence-electron chi connectivity index (χ4n) is 1.43. The number of pyridine rings is 1. The van der Waals surface area contributed by atoms with Gasteiger partial charge in [0.25, 0.3) is 0 Å². The maximum Gasteiger partial charge on any atom is 0.334 e. The smallest absolute Gasteiger partial charge is 0.334 e. The van der Waals surface area contributed by atoms with Gasteiger partial charge in [-0.05, 0) is 22.9 Å². The minimum absolute atomic E-state index is 0.00986. The average molecular weight is 326 g/mol. The molecule has 0 bridgehead atoms. The zero-order valence-electron chi connectivity index (χ0n) is 11.2. The van der Waals surface area contributed by atoms with Crippen molar-refractivity contribution in [2.45, 2.75) is 23.6 Å². The molecule has 21 heavy (non-hydrogen) atoms. The van der Waals surface area contributed by atoms with Crippen LogP contribution in [0.3, 0.4) is 0 Å². The van der Waals surface area contributed by atoms with Gasteiger partial charge in [-0.1, -0.05) is 23.8 Å². The van der Waals surface area contributed by atoms with Gasteiger partial charge in [-0.25, -0.2) is 9.78 Å². The van der Waals surface area contributed by atoms with Crippen LogP contribution in [0.15, 0.2) is 41.6 Å². The van der Waals surface area contributed by atoms with Crippen molar-refractivity contribution in [1.82, 2.24) is 9.71 Å². The monoisotopic (exact) mass is 326 g/mol. The van der Waals surface area contributed by atoms with Crippen molar-refractivity contribution in [3.63, 3.8) is 0 Å². The molecule has 1 atom stereocenters. The van der Waals surface area contributed by atoms with Gasteiger partial charge in [0, 0.05) is 23.6 Å². The van der Waals surface area contributed by atoms with E-state index in [0.29, 0.717) is 4.73 Å². The molecule has 0 spiro atoms. The third-order valence-electron chi connectivity index (χ3n) is 2.38. The lowest BCUT2D eigenvalue weighted by Crippen LogP contribution is -2.21. The van der Waals surface area contributed by atoms with Gasteiger partial charge in [0.15, 0.2) is 0 Å². The highest BCUT2D eigenvalue weighted by molar-refractivity contribution is 8.76. The SMILES string of the molecule is CC(CC(=O)On1c(O)ccc1O)SSc1ccccn1. The summed E-state index contributed by atoms with van der Waals surface area (Å²) in [7, 11) is 2.97. The Morgan fingerprint density at radius 1 is 1.33 bits per heavy atom. The van der Waals surface area contributed by atoms with E-state index < -0.39 is 5.97 Å². The van der Waals surface area contributed by atoms with Crippen molar-refractivity contribution in [2.75, 3.05) is 0 Å². The number of aromatic nitrogens is 2. The largest absolute Gasteiger partial charge is 0.492 e. The first-order chi connectivity index (χ1) is 10.1. The second kappa shape index (κ2) is 7.28. The summed E-state index contributed by atoms with van der Waals surface area (Å²) in [6, 6.07) is 8.09. The molecule has 2 N–H and O–H groups in total. The van der Waals surface area contributed by atoms with E-state index in [9.17, 15) is 15.0 Å². The molecule has 2 aromatic rings. The number of rotatable bonds is 6. The minimum Gasteiger partial charge on any atom is -0.492 e. The molecule has 0 amide bonds. The highest BCUT2D eigenvalue weighted by Crippen LogP contribution is 2.34. The molecule has 0 fully saturated rings. The molecule has 1 unspecified atom stereocenters. The van der Waals surface area contributed by atoms with Crippen LogP contribution >= 0.6 is 21.6 Å². The van der Waals surface area contributed by atoms with Crippen molar-refractivity contribution in [1.29, 1.82) is 0 Å². The number of carbonyl (C=O) groups is 1. The van der Waals surface area contributed by atoms with Crippen molar-refractivity contribution >= 4 is 27.6 Å². The Labute approximate surface area is 129 Å². The summed E-state index contributed by atoms with van der Waals surface area (Å²) in [4.78, 5) is 20.8. The molecule has 0 radical (unpaired) electrons. The summed E-state index contributed by atoms with van der Waals surface area (Å²) in [6.45, 7) is 1.89. The maximum absolute atomic E-state index is 11.7. The van der Waals surface area contributed by atoms with Crippen molar-refractivity contribution in [3.8, 4) is 11.8 Å². The number of hydrogen-bond acceptors (Lipinski definition) is 7.